The molecule has 0 saturated heterocycles. The Kier molecular flexibility index (Phi) is 9.22. The first-order chi connectivity index (χ1) is 11.0. The van der Waals surface area contributed by atoms with Gasteiger partial charge in [0.05, 0.1) is 6.04 Å². The largest absolute Gasteiger partial charge is 0.368 e. The Balaban J connectivity index is 2.22. The molecule has 1 rings (SSSR count). The Labute approximate surface area is 139 Å². The molecule has 0 heterocycles. The number of Topliss-reactive ketones (excluding diaryl/α,β-unsaturated/α-hetero) is 1. The Hall–Kier alpha value is -1.68. The van der Waals surface area contributed by atoms with Crippen molar-refractivity contribution in [3.05, 3.63) is 35.9 Å². The second kappa shape index (κ2) is 10.9. The Bertz CT molecular complexity index is 472. The molecule has 0 aromatic heterocycles. The van der Waals surface area contributed by atoms with E-state index in [1.54, 1.807) is 0 Å². The summed E-state index contributed by atoms with van der Waals surface area (Å²) in [7, 11) is 0. The van der Waals surface area contributed by atoms with Gasteiger partial charge in [0.25, 0.3) is 0 Å². The lowest BCUT2D eigenvalue weighted by atomic mass is 10.0. The van der Waals surface area contributed by atoms with Gasteiger partial charge >= 0.3 is 0 Å². The molecule has 1 atom stereocenters. The lowest BCUT2D eigenvalue weighted by Gasteiger charge is -2.15. The highest BCUT2D eigenvalue weighted by molar-refractivity contribution is 5.95. The van der Waals surface area contributed by atoms with Gasteiger partial charge < -0.3 is 11.1 Å². The van der Waals surface area contributed by atoms with Crippen molar-refractivity contribution in [3.8, 4) is 0 Å². The predicted octanol–water partition coefficient (Wildman–Crippen LogP) is 3.31. The molecule has 0 radical (unpaired) electrons. The van der Waals surface area contributed by atoms with E-state index in [-0.39, 0.29) is 17.7 Å². The van der Waals surface area contributed by atoms with Crippen LogP contribution in [-0.2, 0) is 4.79 Å². The van der Waals surface area contributed by atoms with Gasteiger partial charge in [-0.05, 0) is 38.1 Å². The van der Waals surface area contributed by atoms with Crippen molar-refractivity contribution in [2.24, 2.45) is 11.7 Å². The molecule has 1 aromatic rings. The standard InChI is InChI=1S/C19H30N2O2/c1-15(2)9-8-14-21-17(19(20)23)12-6-7-13-18(22)16-10-4-3-5-11-16/h3-5,10-11,15,17,21H,6-9,12-14H2,1-2H3,(H2,20,23). The number of hydrogen-bond donors (Lipinski definition) is 2. The van der Waals surface area contributed by atoms with Crippen LogP contribution in [0.25, 0.3) is 0 Å². The fraction of sp³-hybridized carbons (Fsp3) is 0.579. The Morgan fingerprint density at radius 2 is 1.74 bits per heavy atom. The van der Waals surface area contributed by atoms with E-state index in [1.807, 2.05) is 30.3 Å². The second-order valence-electron chi connectivity index (χ2n) is 6.48. The molecule has 0 aliphatic heterocycles. The van der Waals surface area contributed by atoms with E-state index in [1.165, 1.54) is 0 Å². The van der Waals surface area contributed by atoms with Gasteiger partial charge in [-0.2, -0.15) is 0 Å². The van der Waals surface area contributed by atoms with Crippen molar-refractivity contribution in [2.45, 2.75) is 58.4 Å². The first-order valence-corrected chi connectivity index (χ1v) is 8.61. The summed E-state index contributed by atoms with van der Waals surface area (Å²) in [6, 6.07) is 9.04. The summed E-state index contributed by atoms with van der Waals surface area (Å²) >= 11 is 0. The monoisotopic (exact) mass is 318 g/mol. The van der Waals surface area contributed by atoms with Crippen molar-refractivity contribution in [1.29, 1.82) is 0 Å². The lowest BCUT2D eigenvalue weighted by molar-refractivity contribution is -0.120. The normalized spacial score (nSPS) is 12.3. The third kappa shape index (κ3) is 8.50. The molecule has 1 aromatic carbocycles. The van der Waals surface area contributed by atoms with Crippen molar-refractivity contribution >= 4 is 11.7 Å². The van der Waals surface area contributed by atoms with Crippen LogP contribution in [0, 0.1) is 5.92 Å². The van der Waals surface area contributed by atoms with Crippen LogP contribution in [0.2, 0.25) is 0 Å². The van der Waals surface area contributed by atoms with Crippen LogP contribution in [0.15, 0.2) is 30.3 Å². The number of primary amides is 1. The van der Waals surface area contributed by atoms with Crippen LogP contribution < -0.4 is 11.1 Å². The molecular formula is C19H30N2O2. The minimum Gasteiger partial charge on any atom is -0.368 e. The fourth-order valence-corrected chi connectivity index (χ4v) is 2.53. The van der Waals surface area contributed by atoms with E-state index in [4.69, 9.17) is 5.73 Å². The zero-order valence-electron chi connectivity index (χ0n) is 14.4. The van der Waals surface area contributed by atoms with Crippen molar-refractivity contribution in [3.63, 3.8) is 0 Å². The number of rotatable bonds is 12. The summed E-state index contributed by atoms with van der Waals surface area (Å²) < 4.78 is 0. The molecular weight excluding hydrogens is 288 g/mol. The molecule has 0 spiro atoms. The lowest BCUT2D eigenvalue weighted by Crippen LogP contribution is -2.41. The Morgan fingerprint density at radius 3 is 2.35 bits per heavy atom. The van der Waals surface area contributed by atoms with Crippen LogP contribution in [0.4, 0.5) is 0 Å². The van der Waals surface area contributed by atoms with Crippen LogP contribution in [0.3, 0.4) is 0 Å². The molecule has 0 aliphatic carbocycles. The molecule has 0 bridgehead atoms. The van der Waals surface area contributed by atoms with Gasteiger partial charge in [0, 0.05) is 12.0 Å². The summed E-state index contributed by atoms with van der Waals surface area (Å²) in [5.74, 6) is 0.530. The molecule has 0 saturated carbocycles. The molecule has 23 heavy (non-hydrogen) atoms. The summed E-state index contributed by atoms with van der Waals surface area (Å²) in [5.41, 5.74) is 6.20. The Morgan fingerprint density at radius 1 is 1.04 bits per heavy atom. The molecule has 0 fully saturated rings. The zero-order valence-corrected chi connectivity index (χ0v) is 14.4. The molecule has 1 unspecified atom stereocenters. The van der Waals surface area contributed by atoms with Crippen LogP contribution in [0.5, 0.6) is 0 Å². The van der Waals surface area contributed by atoms with Gasteiger partial charge in [0.1, 0.15) is 0 Å². The smallest absolute Gasteiger partial charge is 0.234 e. The third-order valence-corrected chi connectivity index (χ3v) is 3.93. The molecule has 0 aliphatic rings. The molecule has 1 amide bonds. The minimum atomic E-state index is -0.302. The molecule has 4 heteroatoms. The number of carbonyl (C=O) groups excluding carboxylic acids is 2. The van der Waals surface area contributed by atoms with Crippen LogP contribution in [-0.4, -0.2) is 24.3 Å². The van der Waals surface area contributed by atoms with Gasteiger partial charge in [0.15, 0.2) is 5.78 Å². The van der Waals surface area contributed by atoms with Crippen molar-refractivity contribution in [1.82, 2.24) is 5.32 Å². The SMILES string of the molecule is CC(C)CCCNC(CCCCC(=O)c1ccccc1)C(N)=O. The van der Waals surface area contributed by atoms with Gasteiger partial charge in [-0.15, -0.1) is 0 Å². The van der Waals surface area contributed by atoms with E-state index in [9.17, 15) is 9.59 Å². The number of unbranched alkanes of at least 4 members (excludes halogenated alkanes) is 1. The minimum absolute atomic E-state index is 0.158. The highest BCUT2D eigenvalue weighted by Crippen LogP contribution is 2.10. The number of nitrogens with two attached hydrogens (primary N) is 1. The summed E-state index contributed by atoms with van der Waals surface area (Å²) in [5, 5.41) is 3.23. The average molecular weight is 318 g/mol. The average Bonchev–Trinajstić information content (AvgIpc) is 2.53. The van der Waals surface area contributed by atoms with E-state index >= 15 is 0 Å². The summed E-state index contributed by atoms with van der Waals surface area (Å²) in [4.78, 5) is 23.5. The zero-order chi connectivity index (χ0) is 17.1. The van der Waals surface area contributed by atoms with E-state index < -0.39 is 0 Å². The number of benzene rings is 1. The van der Waals surface area contributed by atoms with Crippen LogP contribution >= 0.6 is 0 Å². The van der Waals surface area contributed by atoms with Gasteiger partial charge in [0.2, 0.25) is 5.91 Å². The highest BCUT2D eigenvalue weighted by Gasteiger charge is 2.14. The van der Waals surface area contributed by atoms with Gasteiger partial charge in [-0.25, -0.2) is 0 Å². The third-order valence-electron chi connectivity index (χ3n) is 3.93. The topological polar surface area (TPSA) is 72.2 Å². The number of nitrogens with one attached hydrogen (secondary N) is 1. The van der Waals surface area contributed by atoms with E-state index in [0.717, 1.165) is 37.8 Å². The van der Waals surface area contributed by atoms with E-state index in [0.29, 0.717) is 18.8 Å². The first kappa shape index (κ1) is 19.4. The summed E-state index contributed by atoms with van der Waals surface area (Å²) in [6.07, 6.45) is 5.01. The predicted molar refractivity (Wildman–Crippen MR) is 94.3 cm³/mol. The maximum Gasteiger partial charge on any atom is 0.234 e. The van der Waals surface area contributed by atoms with Crippen molar-refractivity contribution < 1.29 is 9.59 Å². The number of ketones is 1. The molecule has 128 valence electrons. The number of hydrogen-bond acceptors (Lipinski definition) is 3. The highest BCUT2D eigenvalue weighted by atomic mass is 16.1. The van der Waals surface area contributed by atoms with E-state index in [2.05, 4.69) is 19.2 Å². The second-order valence-corrected chi connectivity index (χ2v) is 6.48. The number of carbonyl (C=O) groups is 2. The maximum atomic E-state index is 12.0. The van der Waals surface area contributed by atoms with Gasteiger partial charge in [-0.1, -0.05) is 50.6 Å². The van der Waals surface area contributed by atoms with Gasteiger partial charge in [-0.3, -0.25) is 9.59 Å². The van der Waals surface area contributed by atoms with Crippen LogP contribution in [0.1, 0.15) is 62.7 Å². The number of amides is 1. The summed E-state index contributed by atoms with van der Waals surface area (Å²) in [6.45, 7) is 5.19. The molecule has 4 nitrogen and oxygen atoms in total. The quantitative estimate of drug-likeness (QED) is 0.459. The first-order valence-electron chi connectivity index (χ1n) is 8.61. The fourth-order valence-electron chi connectivity index (χ4n) is 2.53. The van der Waals surface area contributed by atoms with Crippen molar-refractivity contribution in [2.75, 3.05) is 6.54 Å². The maximum absolute atomic E-state index is 12.0. The molecule has 3 N–H and O–H groups in total.